The molecule has 0 saturated heterocycles. The highest BCUT2D eigenvalue weighted by molar-refractivity contribution is 9.10. The van der Waals surface area contributed by atoms with E-state index in [9.17, 15) is 0 Å². The van der Waals surface area contributed by atoms with Gasteiger partial charge < -0.3 is 5.32 Å². The van der Waals surface area contributed by atoms with Crippen LogP contribution in [0.1, 0.15) is 27.7 Å². The Morgan fingerprint density at radius 1 is 1.25 bits per heavy atom. The number of aromatic nitrogens is 3. The summed E-state index contributed by atoms with van der Waals surface area (Å²) in [6.45, 7) is 10.7. The third kappa shape index (κ3) is 3.70. The molecule has 20 heavy (non-hydrogen) atoms. The summed E-state index contributed by atoms with van der Waals surface area (Å²) in [6, 6.07) is 4.99. The summed E-state index contributed by atoms with van der Waals surface area (Å²) in [5.41, 5.74) is 0.847. The fourth-order valence-corrected chi connectivity index (χ4v) is 2.67. The Hall–Kier alpha value is -1.14. The Morgan fingerprint density at radius 3 is 2.60 bits per heavy atom. The first-order valence-corrected chi connectivity index (χ1v) is 7.78. The van der Waals surface area contributed by atoms with E-state index in [0.717, 1.165) is 23.2 Å². The summed E-state index contributed by atoms with van der Waals surface area (Å²) in [5.74, 6) is 0.676. The third-order valence-corrected chi connectivity index (χ3v) is 3.74. The van der Waals surface area contributed by atoms with Gasteiger partial charge in [0.1, 0.15) is 0 Å². The average molecular weight is 340 g/mol. The first kappa shape index (κ1) is 15.3. The summed E-state index contributed by atoms with van der Waals surface area (Å²) in [6.07, 6.45) is 1.90. The number of hydrogen-bond donors (Lipinski definition) is 1. The van der Waals surface area contributed by atoms with E-state index < -0.39 is 0 Å². The molecule has 2 aromatic rings. The lowest BCUT2D eigenvalue weighted by atomic mass is 10.2. The van der Waals surface area contributed by atoms with E-state index in [4.69, 9.17) is 0 Å². The van der Waals surface area contributed by atoms with Gasteiger partial charge in [0.15, 0.2) is 5.65 Å². The highest BCUT2D eigenvalue weighted by Gasteiger charge is 2.12. The largest absolute Gasteiger partial charge is 0.352 e. The van der Waals surface area contributed by atoms with Gasteiger partial charge in [-0.25, -0.2) is 4.52 Å². The van der Waals surface area contributed by atoms with Gasteiger partial charge in [-0.05, 0) is 55.8 Å². The van der Waals surface area contributed by atoms with Crippen molar-refractivity contribution in [3.8, 4) is 0 Å². The van der Waals surface area contributed by atoms with Crippen LogP contribution in [0.25, 0.3) is 5.65 Å². The van der Waals surface area contributed by atoms with E-state index in [1.807, 2.05) is 18.3 Å². The summed E-state index contributed by atoms with van der Waals surface area (Å²) in [7, 11) is 0. The predicted molar refractivity (Wildman–Crippen MR) is 86.2 cm³/mol. The maximum absolute atomic E-state index is 4.44. The number of hydrogen-bond acceptors (Lipinski definition) is 4. The zero-order valence-electron chi connectivity index (χ0n) is 12.5. The van der Waals surface area contributed by atoms with Crippen molar-refractivity contribution in [3.05, 3.63) is 22.8 Å². The van der Waals surface area contributed by atoms with Crippen LogP contribution in [0.4, 0.5) is 5.95 Å². The fourth-order valence-electron chi connectivity index (χ4n) is 2.34. The van der Waals surface area contributed by atoms with Crippen LogP contribution in [0.5, 0.6) is 0 Å². The molecule has 0 aliphatic carbocycles. The highest BCUT2D eigenvalue weighted by Crippen LogP contribution is 2.12. The Morgan fingerprint density at radius 2 is 1.95 bits per heavy atom. The van der Waals surface area contributed by atoms with E-state index in [1.165, 1.54) is 0 Å². The molecule has 0 unspecified atom stereocenters. The van der Waals surface area contributed by atoms with Crippen molar-refractivity contribution in [2.24, 2.45) is 0 Å². The molecule has 0 radical (unpaired) electrons. The third-order valence-electron chi connectivity index (χ3n) is 3.27. The van der Waals surface area contributed by atoms with Gasteiger partial charge in [-0.2, -0.15) is 4.98 Å². The van der Waals surface area contributed by atoms with Crippen molar-refractivity contribution in [1.29, 1.82) is 0 Å². The second-order valence-corrected chi connectivity index (χ2v) is 6.35. The van der Waals surface area contributed by atoms with Crippen LogP contribution in [0.2, 0.25) is 0 Å². The van der Waals surface area contributed by atoms with Crippen LogP contribution in [-0.4, -0.2) is 44.7 Å². The van der Waals surface area contributed by atoms with Gasteiger partial charge in [0.25, 0.3) is 0 Å². The molecule has 0 spiro atoms. The van der Waals surface area contributed by atoms with Crippen LogP contribution in [0.3, 0.4) is 0 Å². The molecule has 2 aromatic heterocycles. The quantitative estimate of drug-likeness (QED) is 0.878. The summed E-state index contributed by atoms with van der Waals surface area (Å²) in [4.78, 5) is 6.89. The summed E-state index contributed by atoms with van der Waals surface area (Å²) < 4.78 is 2.77. The van der Waals surface area contributed by atoms with Gasteiger partial charge >= 0.3 is 0 Å². The molecular formula is C14H22BrN5. The van der Waals surface area contributed by atoms with Crippen molar-refractivity contribution in [2.45, 2.75) is 39.8 Å². The molecule has 1 N–H and O–H groups in total. The molecule has 5 nitrogen and oxygen atoms in total. The maximum atomic E-state index is 4.44. The van der Waals surface area contributed by atoms with Crippen LogP contribution >= 0.6 is 15.9 Å². The van der Waals surface area contributed by atoms with Crippen LogP contribution in [0, 0.1) is 0 Å². The molecular weight excluding hydrogens is 318 g/mol. The number of halogens is 1. The topological polar surface area (TPSA) is 45.5 Å². The molecule has 0 saturated carbocycles. The lowest BCUT2D eigenvalue weighted by Crippen LogP contribution is -2.40. The van der Waals surface area contributed by atoms with E-state index >= 15 is 0 Å². The summed E-state index contributed by atoms with van der Waals surface area (Å²) in [5, 5.41) is 7.70. The molecule has 0 aromatic carbocycles. The van der Waals surface area contributed by atoms with Crippen LogP contribution < -0.4 is 5.32 Å². The fraction of sp³-hybridized carbons (Fsp3) is 0.571. The minimum absolute atomic E-state index is 0.543. The molecule has 0 aliphatic rings. The second kappa shape index (κ2) is 6.54. The van der Waals surface area contributed by atoms with E-state index in [1.54, 1.807) is 4.52 Å². The number of pyridine rings is 1. The molecule has 0 fully saturated rings. The molecule has 0 aliphatic heterocycles. The minimum Gasteiger partial charge on any atom is -0.352 e. The number of nitrogens with one attached hydrogen (secondary N) is 1. The lowest BCUT2D eigenvalue weighted by Gasteiger charge is -2.30. The molecule has 2 heterocycles. The number of rotatable bonds is 6. The van der Waals surface area contributed by atoms with Gasteiger partial charge in [-0.15, -0.1) is 5.10 Å². The van der Waals surface area contributed by atoms with E-state index in [2.05, 4.69) is 63.9 Å². The number of fused-ring (bicyclic) bond motifs is 1. The van der Waals surface area contributed by atoms with Crippen molar-refractivity contribution in [2.75, 3.05) is 18.4 Å². The van der Waals surface area contributed by atoms with Crippen molar-refractivity contribution in [1.82, 2.24) is 19.5 Å². The zero-order valence-corrected chi connectivity index (χ0v) is 14.1. The van der Waals surface area contributed by atoms with Gasteiger partial charge in [0, 0.05) is 35.8 Å². The van der Waals surface area contributed by atoms with Gasteiger partial charge in [-0.3, -0.25) is 4.90 Å². The second-order valence-electron chi connectivity index (χ2n) is 5.44. The van der Waals surface area contributed by atoms with Crippen LogP contribution in [-0.2, 0) is 0 Å². The first-order valence-electron chi connectivity index (χ1n) is 6.99. The molecule has 110 valence electrons. The van der Waals surface area contributed by atoms with Gasteiger partial charge in [0.05, 0.1) is 0 Å². The highest BCUT2D eigenvalue weighted by atomic mass is 79.9. The van der Waals surface area contributed by atoms with Crippen molar-refractivity contribution < 1.29 is 0 Å². The number of anilines is 1. The average Bonchev–Trinajstić information content (AvgIpc) is 2.75. The SMILES string of the molecule is CC(C)N(CCNc1nc2ccc(Br)cn2n1)C(C)C. The van der Waals surface area contributed by atoms with Gasteiger partial charge in [-0.1, -0.05) is 0 Å². The van der Waals surface area contributed by atoms with Crippen LogP contribution in [0.15, 0.2) is 22.8 Å². The van der Waals surface area contributed by atoms with Gasteiger partial charge in [0.2, 0.25) is 5.95 Å². The Kier molecular flexibility index (Phi) is 4.99. The normalized spacial score (nSPS) is 12.0. The Labute approximate surface area is 128 Å². The predicted octanol–water partition coefficient (Wildman–Crippen LogP) is 3.02. The Balaban J connectivity index is 1.95. The minimum atomic E-state index is 0.543. The number of nitrogens with zero attached hydrogens (tertiary/aromatic N) is 4. The smallest absolute Gasteiger partial charge is 0.243 e. The van der Waals surface area contributed by atoms with Crippen molar-refractivity contribution in [3.63, 3.8) is 0 Å². The molecule has 2 rings (SSSR count). The Bertz CT molecular complexity index is 556. The standard InChI is InChI=1S/C14H22BrN5/c1-10(2)19(11(3)4)8-7-16-14-17-13-6-5-12(15)9-20(13)18-14/h5-6,9-11H,7-8H2,1-4H3,(H,16,18). The van der Waals surface area contributed by atoms with Crippen molar-refractivity contribution >= 4 is 27.5 Å². The first-order chi connectivity index (χ1) is 9.47. The molecule has 0 amide bonds. The summed E-state index contributed by atoms with van der Waals surface area (Å²) >= 11 is 3.43. The van der Waals surface area contributed by atoms with E-state index in [-0.39, 0.29) is 0 Å². The lowest BCUT2D eigenvalue weighted by molar-refractivity contribution is 0.182. The zero-order chi connectivity index (χ0) is 14.7. The van der Waals surface area contributed by atoms with E-state index in [0.29, 0.717) is 18.0 Å². The molecule has 6 heteroatoms. The molecule has 0 atom stereocenters. The molecule has 0 bridgehead atoms. The monoisotopic (exact) mass is 339 g/mol. The maximum Gasteiger partial charge on any atom is 0.243 e.